The fourth-order valence-electron chi connectivity index (χ4n) is 4.66. The van der Waals surface area contributed by atoms with Gasteiger partial charge in [0.1, 0.15) is 21.9 Å². The quantitative estimate of drug-likeness (QED) is 0.720. The third-order valence-electron chi connectivity index (χ3n) is 6.22. The van der Waals surface area contributed by atoms with Gasteiger partial charge in [-0.2, -0.15) is 0 Å². The largest absolute Gasteiger partial charge is 0.462 e. The van der Waals surface area contributed by atoms with E-state index < -0.39 is 0 Å². The number of nitrogens with one attached hydrogen (secondary N) is 1. The van der Waals surface area contributed by atoms with Crippen molar-refractivity contribution in [1.82, 2.24) is 14.9 Å². The van der Waals surface area contributed by atoms with Crippen molar-refractivity contribution in [3.05, 3.63) is 16.8 Å². The van der Waals surface area contributed by atoms with Crippen LogP contribution in [0.25, 0.3) is 10.2 Å². The molecule has 2 aliphatic rings. The topological polar surface area (TPSA) is 87.6 Å². The molecule has 2 unspecified atom stereocenters. The van der Waals surface area contributed by atoms with Crippen LogP contribution in [0.15, 0.2) is 6.33 Å². The van der Waals surface area contributed by atoms with Gasteiger partial charge in [-0.3, -0.25) is 4.90 Å². The van der Waals surface area contributed by atoms with Crippen molar-refractivity contribution in [3.8, 4) is 0 Å². The predicted octanol–water partition coefficient (Wildman–Crippen LogP) is 3.36. The van der Waals surface area contributed by atoms with Gasteiger partial charge in [0.25, 0.3) is 0 Å². The summed E-state index contributed by atoms with van der Waals surface area (Å²) in [6, 6.07) is 0.650. The second kappa shape index (κ2) is 8.93. The zero-order chi connectivity index (χ0) is 20.4. The summed E-state index contributed by atoms with van der Waals surface area (Å²) in [4.78, 5) is 25.0. The first kappa shape index (κ1) is 20.5. The smallest absolute Gasteiger partial charge is 0.348 e. The van der Waals surface area contributed by atoms with E-state index in [2.05, 4.69) is 20.2 Å². The van der Waals surface area contributed by atoms with Gasteiger partial charge in [-0.15, -0.1) is 11.3 Å². The minimum absolute atomic E-state index is 0.176. The molecule has 2 aromatic rings. The Morgan fingerprint density at radius 2 is 2.03 bits per heavy atom. The van der Waals surface area contributed by atoms with E-state index in [0.717, 1.165) is 66.8 Å². The summed E-state index contributed by atoms with van der Waals surface area (Å²) < 4.78 is 5.18. The number of aryl methyl sites for hydroxylation is 1. The van der Waals surface area contributed by atoms with E-state index in [4.69, 9.17) is 4.74 Å². The van der Waals surface area contributed by atoms with Crippen LogP contribution in [-0.4, -0.2) is 63.8 Å². The number of piperidine rings is 1. The zero-order valence-electron chi connectivity index (χ0n) is 17.2. The molecule has 3 heterocycles. The number of thiophene rings is 1. The molecule has 1 aliphatic heterocycles. The number of carbonyl (C=O) groups is 1. The number of fused-ring (bicyclic) bond motifs is 1. The Bertz CT molecular complexity index is 863. The molecule has 1 saturated carbocycles. The van der Waals surface area contributed by atoms with Crippen LogP contribution in [0, 0.1) is 6.92 Å². The Kier molecular flexibility index (Phi) is 6.32. The van der Waals surface area contributed by atoms with Crippen LogP contribution in [0.3, 0.4) is 0 Å². The number of esters is 1. The standard InChI is InChI=1S/C21H30N4O3S/c1-3-28-21(27)18-13(2)17-19(22-12-23-20(17)29-18)24-14-8-10-25(11-9-14)15-6-4-5-7-16(15)26/h12,14-16,26H,3-11H2,1-2H3,(H,22,23,24). The number of aromatic nitrogens is 2. The number of carbonyl (C=O) groups excluding carboxylic acids is 1. The van der Waals surface area contributed by atoms with E-state index in [0.29, 0.717) is 23.6 Å². The highest BCUT2D eigenvalue weighted by Gasteiger charge is 2.31. The van der Waals surface area contributed by atoms with Gasteiger partial charge in [0.05, 0.1) is 18.1 Å². The van der Waals surface area contributed by atoms with Crippen LogP contribution in [-0.2, 0) is 4.74 Å². The van der Waals surface area contributed by atoms with E-state index in [-0.39, 0.29) is 12.1 Å². The third kappa shape index (κ3) is 4.25. The number of ether oxygens (including phenoxy) is 1. The first-order valence-electron chi connectivity index (χ1n) is 10.7. The summed E-state index contributed by atoms with van der Waals surface area (Å²) in [6.45, 7) is 6.09. The highest BCUT2D eigenvalue weighted by Crippen LogP contribution is 2.35. The Balaban J connectivity index is 1.45. The molecule has 0 amide bonds. The number of anilines is 1. The van der Waals surface area contributed by atoms with Crippen LogP contribution in [0.4, 0.5) is 5.82 Å². The lowest BCUT2D eigenvalue weighted by Crippen LogP contribution is -2.50. The molecule has 29 heavy (non-hydrogen) atoms. The Hall–Kier alpha value is -1.77. The van der Waals surface area contributed by atoms with Crippen molar-refractivity contribution in [2.75, 3.05) is 25.0 Å². The fourth-order valence-corrected chi connectivity index (χ4v) is 5.70. The number of rotatable bonds is 5. The van der Waals surface area contributed by atoms with Gasteiger partial charge in [0, 0.05) is 25.2 Å². The average Bonchev–Trinajstić information content (AvgIpc) is 3.07. The molecule has 4 rings (SSSR count). The summed E-state index contributed by atoms with van der Waals surface area (Å²) in [5.74, 6) is 0.508. The van der Waals surface area contributed by atoms with Crippen molar-refractivity contribution in [2.24, 2.45) is 0 Å². The SMILES string of the molecule is CCOC(=O)c1sc2ncnc(NC3CCN(C4CCCCC4O)CC3)c2c1C. The van der Waals surface area contributed by atoms with E-state index in [1.807, 2.05) is 13.8 Å². The minimum Gasteiger partial charge on any atom is -0.462 e. The van der Waals surface area contributed by atoms with Gasteiger partial charge in [-0.1, -0.05) is 12.8 Å². The van der Waals surface area contributed by atoms with Crippen LogP contribution in [0.2, 0.25) is 0 Å². The minimum atomic E-state index is -0.293. The van der Waals surface area contributed by atoms with Gasteiger partial charge >= 0.3 is 5.97 Å². The second-order valence-electron chi connectivity index (χ2n) is 8.05. The van der Waals surface area contributed by atoms with Gasteiger partial charge in [0.15, 0.2) is 0 Å². The molecule has 8 heteroatoms. The van der Waals surface area contributed by atoms with Crippen molar-refractivity contribution in [2.45, 2.75) is 70.6 Å². The first-order chi connectivity index (χ1) is 14.1. The lowest BCUT2D eigenvalue weighted by Gasteiger charge is -2.41. The number of likely N-dealkylation sites (tertiary alicyclic amines) is 1. The number of aliphatic hydroxyl groups excluding tert-OH is 1. The van der Waals surface area contributed by atoms with Gasteiger partial charge in [0.2, 0.25) is 0 Å². The van der Waals surface area contributed by atoms with Crippen LogP contribution in [0.1, 0.15) is 60.7 Å². The highest BCUT2D eigenvalue weighted by molar-refractivity contribution is 7.20. The molecular weight excluding hydrogens is 388 g/mol. The van der Waals surface area contributed by atoms with E-state index in [1.165, 1.54) is 17.8 Å². The second-order valence-corrected chi connectivity index (χ2v) is 9.05. The Labute approximate surface area is 175 Å². The molecule has 0 radical (unpaired) electrons. The maximum Gasteiger partial charge on any atom is 0.348 e. The monoisotopic (exact) mass is 418 g/mol. The molecule has 2 aromatic heterocycles. The molecule has 0 spiro atoms. The Morgan fingerprint density at radius 1 is 1.28 bits per heavy atom. The van der Waals surface area contributed by atoms with Gasteiger partial charge in [-0.05, 0) is 45.1 Å². The predicted molar refractivity (Wildman–Crippen MR) is 115 cm³/mol. The van der Waals surface area contributed by atoms with Crippen molar-refractivity contribution < 1.29 is 14.6 Å². The van der Waals surface area contributed by atoms with Crippen molar-refractivity contribution >= 4 is 33.3 Å². The van der Waals surface area contributed by atoms with E-state index >= 15 is 0 Å². The number of hydrogen-bond acceptors (Lipinski definition) is 8. The average molecular weight is 419 g/mol. The van der Waals surface area contributed by atoms with E-state index in [9.17, 15) is 9.90 Å². The lowest BCUT2D eigenvalue weighted by atomic mass is 9.89. The molecular formula is C21H30N4O3S. The van der Waals surface area contributed by atoms with Gasteiger partial charge in [-0.25, -0.2) is 14.8 Å². The number of hydrogen-bond donors (Lipinski definition) is 2. The molecule has 158 valence electrons. The Morgan fingerprint density at radius 3 is 2.76 bits per heavy atom. The first-order valence-corrected chi connectivity index (χ1v) is 11.5. The molecule has 7 nitrogen and oxygen atoms in total. The third-order valence-corrected chi connectivity index (χ3v) is 7.40. The van der Waals surface area contributed by atoms with Crippen LogP contribution >= 0.6 is 11.3 Å². The summed E-state index contributed by atoms with van der Waals surface area (Å²) in [5, 5.41) is 14.9. The highest BCUT2D eigenvalue weighted by atomic mass is 32.1. The molecule has 2 N–H and O–H groups in total. The summed E-state index contributed by atoms with van der Waals surface area (Å²) in [7, 11) is 0. The van der Waals surface area contributed by atoms with Gasteiger partial charge < -0.3 is 15.2 Å². The van der Waals surface area contributed by atoms with Crippen LogP contribution in [0.5, 0.6) is 0 Å². The summed E-state index contributed by atoms with van der Waals surface area (Å²) in [5.41, 5.74) is 0.884. The summed E-state index contributed by atoms with van der Waals surface area (Å²) in [6.07, 6.45) is 7.82. The molecule has 2 atom stereocenters. The molecule has 1 saturated heterocycles. The molecule has 0 aromatic carbocycles. The number of nitrogens with zero attached hydrogens (tertiary/aromatic N) is 3. The van der Waals surface area contributed by atoms with Crippen molar-refractivity contribution in [3.63, 3.8) is 0 Å². The maximum absolute atomic E-state index is 12.2. The molecule has 0 bridgehead atoms. The molecule has 2 fully saturated rings. The zero-order valence-corrected chi connectivity index (χ0v) is 18.0. The van der Waals surface area contributed by atoms with E-state index in [1.54, 1.807) is 6.33 Å². The number of aliphatic hydroxyl groups is 1. The maximum atomic E-state index is 12.2. The normalized spacial score (nSPS) is 24.0. The van der Waals surface area contributed by atoms with Crippen LogP contribution < -0.4 is 5.32 Å². The summed E-state index contributed by atoms with van der Waals surface area (Å²) >= 11 is 1.37. The lowest BCUT2D eigenvalue weighted by molar-refractivity contribution is 0.00992. The fraction of sp³-hybridized carbons (Fsp3) is 0.667. The molecule has 1 aliphatic carbocycles. The van der Waals surface area contributed by atoms with Crippen molar-refractivity contribution in [1.29, 1.82) is 0 Å².